The van der Waals surface area contributed by atoms with Crippen molar-refractivity contribution in [3.05, 3.63) is 60.8 Å². The van der Waals surface area contributed by atoms with Gasteiger partial charge in [0.2, 0.25) is 0 Å². The van der Waals surface area contributed by atoms with E-state index in [1.54, 1.807) is 0 Å². The summed E-state index contributed by atoms with van der Waals surface area (Å²) in [6.45, 7) is 4.40. The summed E-state index contributed by atoms with van der Waals surface area (Å²) in [5.74, 6) is -0.202. The Kier molecular flexibility index (Phi) is 38.4. The Morgan fingerprint density at radius 3 is 1.78 bits per heavy atom. The number of hydrogen-bond donors (Lipinski definition) is 4. The maximum absolute atomic E-state index is 12.6. The highest BCUT2D eigenvalue weighted by Gasteiger charge is 2.27. The lowest BCUT2D eigenvalue weighted by atomic mass is 10.0. The summed E-state index contributed by atoms with van der Waals surface area (Å²) in [6.07, 6.45) is 39.7. The van der Waals surface area contributed by atoms with Gasteiger partial charge in [-0.1, -0.05) is 171 Å². The highest BCUT2D eigenvalue weighted by molar-refractivity contribution is 7.47. The van der Waals surface area contributed by atoms with Gasteiger partial charge < -0.3 is 29.7 Å². The van der Waals surface area contributed by atoms with Crippen molar-refractivity contribution in [2.75, 3.05) is 26.4 Å². The third-order valence-electron chi connectivity index (χ3n) is 9.19. The fourth-order valence-corrected chi connectivity index (χ4v) is 6.55. The van der Waals surface area contributed by atoms with Crippen LogP contribution in [-0.2, 0) is 32.7 Å². The van der Waals surface area contributed by atoms with Gasteiger partial charge in [0.25, 0.3) is 0 Å². The molecule has 4 N–H and O–H groups in total. The molecule has 0 aromatic carbocycles. The summed E-state index contributed by atoms with van der Waals surface area (Å²) in [4.78, 5) is 35.0. The summed E-state index contributed by atoms with van der Waals surface area (Å²) < 4.78 is 32.7. The fourth-order valence-electron chi connectivity index (χ4n) is 5.76. The number of rotatable bonds is 40. The van der Waals surface area contributed by atoms with Crippen molar-refractivity contribution in [3.8, 4) is 0 Å². The molecule has 0 aliphatic carbocycles. The van der Waals surface area contributed by atoms with Crippen molar-refractivity contribution in [2.24, 2.45) is 5.92 Å². The first-order chi connectivity index (χ1) is 28.0. The third-order valence-corrected chi connectivity index (χ3v) is 10.1. The second-order valence-corrected chi connectivity index (χ2v) is 16.8. The number of aliphatic hydroxyl groups is 3. The molecule has 0 aromatic rings. The van der Waals surface area contributed by atoms with Crippen LogP contribution in [-0.4, -0.2) is 76.9 Å². The molecule has 0 rings (SSSR count). The summed E-state index contributed by atoms with van der Waals surface area (Å²) in [5.41, 5.74) is 0. The van der Waals surface area contributed by atoms with E-state index in [-0.39, 0.29) is 19.4 Å². The second-order valence-electron chi connectivity index (χ2n) is 15.4. The van der Waals surface area contributed by atoms with Crippen LogP contribution in [0.15, 0.2) is 60.8 Å². The van der Waals surface area contributed by atoms with Crippen LogP contribution in [0.4, 0.5) is 0 Å². The lowest BCUT2D eigenvalue weighted by molar-refractivity contribution is -0.161. The smallest absolute Gasteiger partial charge is 0.462 e. The van der Waals surface area contributed by atoms with Gasteiger partial charge in [-0.15, -0.1) is 0 Å². The molecular weight excluding hydrogens is 759 g/mol. The van der Waals surface area contributed by atoms with Crippen molar-refractivity contribution >= 4 is 19.8 Å². The van der Waals surface area contributed by atoms with Gasteiger partial charge in [0.1, 0.15) is 12.7 Å². The molecule has 58 heavy (non-hydrogen) atoms. The number of carbonyl (C=O) groups is 2. The predicted molar refractivity (Wildman–Crippen MR) is 234 cm³/mol. The largest absolute Gasteiger partial charge is 0.472 e. The number of unbranched alkanes of at least 4 members (excludes halogenated alkanes) is 14. The van der Waals surface area contributed by atoms with Gasteiger partial charge in [0.05, 0.1) is 25.9 Å². The van der Waals surface area contributed by atoms with E-state index in [0.717, 1.165) is 44.4 Å². The third kappa shape index (κ3) is 40.4. The number of phosphoric acid groups is 1. The Labute approximate surface area is 351 Å². The van der Waals surface area contributed by atoms with Crippen molar-refractivity contribution in [1.29, 1.82) is 0 Å². The minimum Gasteiger partial charge on any atom is -0.462 e. The first-order valence-corrected chi connectivity index (χ1v) is 23.7. The molecule has 2 unspecified atom stereocenters. The SMILES string of the molecule is CC/C=C\C(O)C/C=C/C=C\C/C=C\C/C=C\CCCC(=O)OC[C@H](COP(=O)(O)OC[C@@H](O)CO)OC(=O)CCCCCCCCCCCCCCCCC(C)C. The Hall–Kier alpha value is -2.37. The first kappa shape index (κ1) is 55.6. The van der Waals surface area contributed by atoms with Gasteiger partial charge in [-0.2, -0.15) is 0 Å². The predicted octanol–water partition coefficient (Wildman–Crippen LogP) is 10.7. The van der Waals surface area contributed by atoms with Crippen LogP contribution in [0.2, 0.25) is 0 Å². The molecule has 0 amide bonds. The summed E-state index contributed by atoms with van der Waals surface area (Å²) in [6, 6.07) is 0. The number of phosphoric ester groups is 1. The van der Waals surface area contributed by atoms with E-state index < -0.39 is 57.9 Å². The van der Waals surface area contributed by atoms with Crippen LogP contribution in [0.1, 0.15) is 168 Å². The molecule has 0 fully saturated rings. The molecule has 0 bridgehead atoms. The number of allylic oxidation sites excluding steroid dienone is 8. The molecule has 12 heteroatoms. The van der Waals surface area contributed by atoms with E-state index in [9.17, 15) is 29.3 Å². The first-order valence-electron chi connectivity index (χ1n) is 22.2. The number of hydrogen-bond acceptors (Lipinski definition) is 10. The molecule has 0 heterocycles. The Bertz CT molecular complexity index is 1180. The molecule has 4 atom stereocenters. The molecule has 0 aliphatic rings. The monoisotopic (exact) mass is 841 g/mol. The van der Waals surface area contributed by atoms with Gasteiger partial charge >= 0.3 is 19.8 Å². The fraction of sp³-hybridized carbons (Fsp3) is 0.739. The Morgan fingerprint density at radius 2 is 1.17 bits per heavy atom. The summed E-state index contributed by atoms with van der Waals surface area (Å²) >= 11 is 0. The van der Waals surface area contributed by atoms with Crippen LogP contribution in [0.5, 0.6) is 0 Å². The standard InChI is InChI=1S/C46H81O11P/c1-4-5-33-42(48)34-29-25-21-17-13-10-11-14-18-22-26-30-35-45(50)54-39-44(40-56-58(52,53)55-38-43(49)37-47)57-46(51)36-31-27-23-19-15-9-7-6-8-12-16-20-24-28-32-41(2)3/h5,10-11,17-18,21-22,25,29,33,41-44,47-49H,4,6-9,12-16,19-20,23-24,26-28,30-32,34-40H2,1-3H3,(H,52,53)/b11-10-,21-17-,22-18-,29-25+,33-5-/t42?,43-,44+/m0/s1. The van der Waals surface area contributed by atoms with Crippen molar-refractivity contribution in [3.63, 3.8) is 0 Å². The van der Waals surface area contributed by atoms with Crippen molar-refractivity contribution in [1.82, 2.24) is 0 Å². The number of ether oxygens (including phenoxy) is 2. The van der Waals surface area contributed by atoms with Gasteiger partial charge in [-0.3, -0.25) is 18.6 Å². The molecule has 0 aliphatic heterocycles. The van der Waals surface area contributed by atoms with Gasteiger partial charge in [-0.25, -0.2) is 4.57 Å². The Morgan fingerprint density at radius 1 is 0.638 bits per heavy atom. The minimum atomic E-state index is -4.64. The minimum absolute atomic E-state index is 0.144. The van der Waals surface area contributed by atoms with Crippen molar-refractivity contribution < 1.29 is 52.9 Å². The van der Waals surface area contributed by atoms with Gasteiger partial charge in [-0.05, 0) is 50.9 Å². The normalized spacial score (nSPS) is 15.0. The molecular formula is C46H81O11P. The van der Waals surface area contributed by atoms with Crippen molar-refractivity contribution in [2.45, 2.75) is 187 Å². The van der Waals surface area contributed by atoms with Crippen LogP contribution in [0.3, 0.4) is 0 Å². The van der Waals surface area contributed by atoms with E-state index in [1.807, 2.05) is 55.5 Å². The maximum atomic E-state index is 12.6. The highest BCUT2D eigenvalue weighted by Crippen LogP contribution is 2.43. The van der Waals surface area contributed by atoms with Crippen LogP contribution >= 0.6 is 7.82 Å². The zero-order chi connectivity index (χ0) is 43.0. The van der Waals surface area contributed by atoms with E-state index in [2.05, 4.69) is 30.5 Å². The quantitative estimate of drug-likeness (QED) is 0.0152. The number of aliphatic hydroxyl groups excluding tert-OH is 3. The summed E-state index contributed by atoms with van der Waals surface area (Å²) in [7, 11) is -4.64. The lowest BCUT2D eigenvalue weighted by Crippen LogP contribution is -2.29. The van der Waals surface area contributed by atoms with E-state index in [1.165, 1.54) is 70.6 Å². The molecule has 0 aromatic heterocycles. The second kappa shape index (κ2) is 40.1. The maximum Gasteiger partial charge on any atom is 0.472 e. The van der Waals surface area contributed by atoms with Crippen LogP contribution < -0.4 is 0 Å². The van der Waals surface area contributed by atoms with Gasteiger partial charge in [0, 0.05) is 12.8 Å². The van der Waals surface area contributed by atoms with E-state index in [0.29, 0.717) is 25.7 Å². The van der Waals surface area contributed by atoms with E-state index in [4.69, 9.17) is 19.1 Å². The topological polar surface area (TPSA) is 169 Å². The van der Waals surface area contributed by atoms with Crippen LogP contribution in [0.25, 0.3) is 0 Å². The average Bonchev–Trinajstić information content (AvgIpc) is 3.19. The molecule has 11 nitrogen and oxygen atoms in total. The van der Waals surface area contributed by atoms with Crippen LogP contribution in [0, 0.1) is 5.92 Å². The molecule has 0 saturated heterocycles. The van der Waals surface area contributed by atoms with E-state index >= 15 is 0 Å². The molecule has 0 saturated carbocycles. The average molecular weight is 841 g/mol. The Balaban J connectivity index is 4.40. The highest BCUT2D eigenvalue weighted by atomic mass is 31.2. The zero-order valence-corrected chi connectivity index (χ0v) is 37.2. The molecule has 0 radical (unpaired) electrons. The molecule has 336 valence electrons. The summed E-state index contributed by atoms with van der Waals surface area (Å²) in [5, 5.41) is 28.1. The zero-order valence-electron chi connectivity index (χ0n) is 36.3. The lowest BCUT2D eigenvalue weighted by Gasteiger charge is -2.20. The molecule has 0 spiro atoms. The number of carbonyl (C=O) groups excluding carboxylic acids is 2. The number of esters is 2. The van der Waals surface area contributed by atoms with Gasteiger partial charge in [0.15, 0.2) is 6.10 Å².